The van der Waals surface area contributed by atoms with Crippen molar-refractivity contribution in [3.05, 3.63) is 34.9 Å². The van der Waals surface area contributed by atoms with Crippen LogP contribution in [-0.2, 0) is 6.42 Å². The van der Waals surface area contributed by atoms with Gasteiger partial charge in [0, 0.05) is 12.3 Å². The van der Waals surface area contributed by atoms with Crippen LogP contribution in [0.15, 0.2) is 18.2 Å². The molecule has 120 valence electrons. The fourth-order valence-corrected chi connectivity index (χ4v) is 4.65. The minimum absolute atomic E-state index is 0.0579. The monoisotopic (exact) mass is 320 g/mol. The molecule has 0 saturated carbocycles. The molecule has 0 radical (unpaired) electrons. The molecule has 1 aliphatic carbocycles. The number of carbonyl (C=O) groups is 1. The van der Waals surface area contributed by atoms with Crippen molar-refractivity contribution < 1.29 is 9.90 Å². The van der Waals surface area contributed by atoms with E-state index in [2.05, 4.69) is 42.7 Å². The van der Waals surface area contributed by atoms with E-state index in [1.165, 1.54) is 16.7 Å². The van der Waals surface area contributed by atoms with E-state index in [-0.39, 0.29) is 12.1 Å². The Bertz CT molecular complexity index is 570. The number of amides is 2. The number of aliphatic hydroxyl groups is 1. The summed E-state index contributed by atoms with van der Waals surface area (Å²) in [6.07, 6.45) is 1.75. The summed E-state index contributed by atoms with van der Waals surface area (Å²) < 4.78 is 0. The molecule has 3 rings (SSSR count). The molecule has 1 aromatic rings. The summed E-state index contributed by atoms with van der Waals surface area (Å²) in [5, 5.41) is 16.2. The van der Waals surface area contributed by atoms with Gasteiger partial charge >= 0.3 is 6.03 Å². The number of rotatable bonds is 3. The van der Waals surface area contributed by atoms with Gasteiger partial charge in [-0.1, -0.05) is 30.7 Å². The van der Waals surface area contributed by atoms with Crippen LogP contribution >= 0.6 is 11.8 Å². The van der Waals surface area contributed by atoms with Gasteiger partial charge in [-0.25, -0.2) is 4.79 Å². The molecule has 22 heavy (non-hydrogen) atoms. The number of hydrogen-bond donors (Lipinski definition) is 3. The maximum atomic E-state index is 12.2. The maximum Gasteiger partial charge on any atom is 0.315 e. The van der Waals surface area contributed by atoms with Gasteiger partial charge in [0.15, 0.2) is 0 Å². The summed E-state index contributed by atoms with van der Waals surface area (Å²) in [6.45, 7) is 4.57. The average Bonchev–Trinajstić information content (AvgIpc) is 3.03. The lowest BCUT2D eigenvalue weighted by molar-refractivity contribution is 0.0698. The number of carbonyl (C=O) groups excluding carboxylic acids is 1. The van der Waals surface area contributed by atoms with Gasteiger partial charge in [0.05, 0.1) is 11.6 Å². The molecule has 3 atom stereocenters. The lowest BCUT2D eigenvalue weighted by Gasteiger charge is -2.24. The normalized spacial score (nSPS) is 30.1. The highest BCUT2D eigenvalue weighted by atomic mass is 32.2. The van der Waals surface area contributed by atoms with Crippen LogP contribution in [0.3, 0.4) is 0 Å². The van der Waals surface area contributed by atoms with E-state index in [9.17, 15) is 9.90 Å². The molecule has 0 spiro atoms. The fraction of sp³-hybridized carbons (Fsp3) is 0.588. The van der Waals surface area contributed by atoms with Crippen LogP contribution in [0.4, 0.5) is 4.79 Å². The standard InChI is InChI=1S/C17H24N2O2S/c1-11-3-4-13-8-12(2)15(14(13)7-11)19-16(20)18-9-17(21)5-6-22-10-17/h3-4,7,12,15,21H,5-6,8-10H2,1-2H3,(H2,18,19,20). The number of fused-ring (bicyclic) bond motifs is 1. The number of urea groups is 1. The average molecular weight is 320 g/mol. The molecule has 5 heteroatoms. The molecular formula is C17H24N2O2S. The first-order valence-electron chi connectivity index (χ1n) is 7.91. The van der Waals surface area contributed by atoms with Crippen molar-refractivity contribution in [1.82, 2.24) is 10.6 Å². The summed E-state index contributed by atoms with van der Waals surface area (Å²) in [5.41, 5.74) is 3.04. The van der Waals surface area contributed by atoms with Gasteiger partial charge in [-0.15, -0.1) is 0 Å². The van der Waals surface area contributed by atoms with E-state index in [1.807, 2.05) is 0 Å². The van der Waals surface area contributed by atoms with Crippen LogP contribution in [0, 0.1) is 12.8 Å². The zero-order chi connectivity index (χ0) is 15.7. The third-order valence-corrected chi connectivity index (χ3v) is 5.93. The number of benzene rings is 1. The second kappa shape index (κ2) is 6.13. The van der Waals surface area contributed by atoms with Gasteiger partial charge in [0.25, 0.3) is 0 Å². The van der Waals surface area contributed by atoms with Gasteiger partial charge in [0.1, 0.15) is 0 Å². The Morgan fingerprint density at radius 3 is 3.05 bits per heavy atom. The van der Waals surface area contributed by atoms with Crippen LogP contribution in [-0.4, -0.2) is 34.8 Å². The van der Waals surface area contributed by atoms with E-state index >= 15 is 0 Å². The Morgan fingerprint density at radius 1 is 1.50 bits per heavy atom. The smallest absolute Gasteiger partial charge is 0.315 e. The second-order valence-corrected chi connectivity index (χ2v) is 7.82. The van der Waals surface area contributed by atoms with Gasteiger partial charge in [-0.2, -0.15) is 11.8 Å². The quantitative estimate of drug-likeness (QED) is 0.801. The Labute approximate surface area is 136 Å². The van der Waals surface area contributed by atoms with Crippen molar-refractivity contribution >= 4 is 17.8 Å². The Morgan fingerprint density at radius 2 is 2.32 bits per heavy atom. The third kappa shape index (κ3) is 3.25. The molecule has 1 saturated heterocycles. The van der Waals surface area contributed by atoms with Crippen LogP contribution in [0.1, 0.15) is 36.1 Å². The predicted octanol–water partition coefficient (Wildman–Crippen LogP) is 2.40. The van der Waals surface area contributed by atoms with E-state index < -0.39 is 5.60 Å². The van der Waals surface area contributed by atoms with Crippen molar-refractivity contribution in [2.24, 2.45) is 5.92 Å². The SMILES string of the molecule is Cc1ccc2c(c1)C(NC(=O)NCC1(O)CCSC1)C(C)C2. The molecular weight excluding hydrogens is 296 g/mol. The first-order valence-corrected chi connectivity index (χ1v) is 9.06. The van der Waals surface area contributed by atoms with E-state index in [4.69, 9.17) is 0 Å². The Kier molecular flexibility index (Phi) is 4.37. The largest absolute Gasteiger partial charge is 0.387 e. The van der Waals surface area contributed by atoms with Crippen molar-refractivity contribution in [2.45, 2.75) is 38.3 Å². The van der Waals surface area contributed by atoms with E-state index in [0.29, 0.717) is 18.2 Å². The lowest BCUT2D eigenvalue weighted by atomic mass is 10.0. The number of nitrogens with one attached hydrogen (secondary N) is 2. The van der Waals surface area contributed by atoms with Crippen LogP contribution in [0.25, 0.3) is 0 Å². The van der Waals surface area contributed by atoms with Crippen molar-refractivity contribution in [3.8, 4) is 0 Å². The molecule has 3 N–H and O–H groups in total. The zero-order valence-electron chi connectivity index (χ0n) is 13.2. The molecule has 2 aliphatic rings. The number of aryl methyl sites for hydroxylation is 1. The summed E-state index contributed by atoms with van der Waals surface area (Å²) in [7, 11) is 0. The molecule has 0 aromatic heterocycles. The summed E-state index contributed by atoms with van der Waals surface area (Å²) in [5.74, 6) is 2.06. The summed E-state index contributed by atoms with van der Waals surface area (Å²) >= 11 is 1.74. The number of hydrogen-bond acceptors (Lipinski definition) is 3. The molecule has 0 bridgehead atoms. The van der Waals surface area contributed by atoms with E-state index in [0.717, 1.165) is 18.6 Å². The second-order valence-electron chi connectivity index (χ2n) is 6.72. The molecule has 4 nitrogen and oxygen atoms in total. The lowest BCUT2D eigenvalue weighted by Crippen LogP contribution is -2.47. The van der Waals surface area contributed by atoms with Crippen molar-refractivity contribution in [3.63, 3.8) is 0 Å². The highest BCUT2D eigenvalue weighted by molar-refractivity contribution is 7.99. The van der Waals surface area contributed by atoms with Crippen LogP contribution in [0.2, 0.25) is 0 Å². The molecule has 1 heterocycles. The molecule has 1 aliphatic heterocycles. The van der Waals surface area contributed by atoms with E-state index in [1.54, 1.807) is 11.8 Å². The Balaban J connectivity index is 1.61. The Hall–Kier alpha value is -1.20. The summed E-state index contributed by atoms with van der Waals surface area (Å²) in [6, 6.07) is 6.34. The predicted molar refractivity (Wildman–Crippen MR) is 90.2 cm³/mol. The fourth-order valence-electron chi connectivity index (χ4n) is 3.35. The van der Waals surface area contributed by atoms with Crippen molar-refractivity contribution in [1.29, 1.82) is 0 Å². The third-order valence-electron chi connectivity index (χ3n) is 4.69. The van der Waals surface area contributed by atoms with Gasteiger partial charge in [-0.3, -0.25) is 0 Å². The maximum absolute atomic E-state index is 12.2. The molecule has 2 amide bonds. The van der Waals surface area contributed by atoms with Crippen LogP contribution in [0.5, 0.6) is 0 Å². The zero-order valence-corrected chi connectivity index (χ0v) is 14.0. The van der Waals surface area contributed by atoms with Gasteiger partial charge < -0.3 is 15.7 Å². The van der Waals surface area contributed by atoms with Gasteiger partial charge in [-0.05, 0) is 42.6 Å². The molecule has 1 fully saturated rings. The summed E-state index contributed by atoms with van der Waals surface area (Å²) in [4.78, 5) is 12.2. The topological polar surface area (TPSA) is 61.4 Å². The molecule has 3 unspecified atom stereocenters. The van der Waals surface area contributed by atoms with Crippen molar-refractivity contribution in [2.75, 3.05) is 18.1 Å². The highest BCUT2D eigenvalue weighted by Gasteiger charge is 2.33. The minimum atomic E-state index is -0.738. The number of thioether (sulfide) groups is 1. The van der Waals surface area contributed by atoms with Crippen LogP contribution < -0.4 is 10.6 Å². The first-order chi connectivity index (χ1) is 10.5. The van der Waals surface area contributed by atoms with Gasteiger partial charge in [0.2, 0.25) is 0 Å². The first kappa shape index (κ1) is 15.7. The molecule has 1 aromatic carbocycles. The highest BCUT2D eigenvalue weighted by Crippen LogP contribution is 2.36. The minimum Gasteiger partial charge on any atom is -0.387 e.